The summed E-state index contributed by atoms with van der Waals surface area (Å²) in [6, 6.07) is 0. The Bertz CT molecular complexity index is 184. The number of ketones is 1. The Kier molecular flexibility index (Phi) is 2.18. The van der Waals surface area contributed by atoms with Gasteiger partial charge in [-0.1, -0.05) is 6.92 Å². The van der Waals surface area contributed by atoms with E-state index in [2.05, 4.69) is 6.92 Å². The van der Waals surface area contributed by atoms with Crippen LogP contribution < -0.4 is 0 Å². The summed E-state index contributed by atoms with van der Waals surface area (Å²) < 4.78 is 5.31. The highest BCUT2D eigenvalue weighted by Gasteiger charge is 2.37. The first-order valence-corrected chi connectivity index (χ1v) is 4.90. The zero-order valence-electron chi connectivity index (χ0n) is 7.58. The number of Topliss-reactive ketones (excluding diaryl/α,β-unsaturated/α-hetero) is 1. The largest absolute Gasteiger partial charge is 0.381 e. The quantitative estimate of drug-likeness (QED) is 0.626. The molecule has 1 heterocycles. The molecule has 1 saturated heterocycles. The Morgan fingerprint density at radius 3 is 2.67 bits per heavy atom. The fourth-order valence-electron chi connectivity index (χ4n) is 1.97. The molecule has 0 radical (unpaired) electrons. The second-order valence-corrected chi connectivity index (χ2v) is 4.12. The molecule has 2 nitrogen and oxygen atoms in total. The number of carbonyl (C=O) groups is 1. The van der Waals surface area contributed by atoms with E-state index in [4.69, 9.17) is 4.74 Å². The van der Waals surface area contributed by atoms with Crippen molar-refractivity contribution in [3.05, 3.63) is 0 Å². The maximum atomic E-state index is 11.7. The molecule has 1 saturated carbocycles. The van der Waals surface area contributed by atoms with Gasteiger partial charge in [0.2, 0.25) is 0 Å². The molecule has 2 unspecified atom stereocenters. The van der Waals surface area contributed by atoms with Crippen molar-refractivity contribution in [3.63, 3.8) is 0 Å². The third kappa shape index (κ3) is 1.53. The molecule has 0 spiro atoms. The summed E-state index contributed by atoms with van der Waals surface area (Å²) in [6.45, 7) is 3.70. The first-order valence-electron chi connectivity index (χ1n) is 4.90. The number of ether oxygens (including phenoxy) is 1. The topological polar surface area (TPSA) is 26.3 Å². The maximum Gasteiger partial charge on any atom is 0.139 e. The van der Waals surface area contributed by atoms with E-state index >= 15 is 0 Å². The lowest BCUT2D eigenvalue weighted by Gasteiger charge is -2.27. The normalized spacial score (nSPS) is 36.4. The van der Waals surface area contributed by atoms with Crippen LogP contribution in [0.2, 0.25) is 0 Å². The van der Waals surface area contributed by atoms with Gasteiger partial charge in [-0.25, -0.2) is 0 Å². The monoisotopic (exact) mass is 168 g/mol. The summed E-state index contributed by atoms with van der Waals surface area (Å²) in [7, 11) is 0. The lowest BCUT2D eigenvalue weighted by atomic mass is 9.84. The van der Waals surface area contributed by atoms with E-state index in [1.54, 1.807) is 0 Å². The molecule has 2 rings (SSSR count). The van der Waals surface area contributed by atoms with Crippen LogP contribution in [0.4, 0.5) is 0 Å². The van der Waals surface area contributed by atoms with Gasteiger partial charge in [-0.05, 0) is 25.2 Å². The Balaban J connectivity index is 1.95. The highest BCUT2D eigenvalue weighted by atomic mass is 16.5. The number of rotatable bonds is 2. The standard InChI is InChI=1S/C10H16O2/c1-7-6-12-5-4-9(7)10(11)8-2-3-8/h7-9H,2-6H2,1H3. The van der Waals surface area contributed by atoms with Crippen LogP contribution in [-0.4, -0.2) is 19.0 Å². The van der Waals surface area contributed by atoms with Crippen molar-refractivity contribution >= 4 is 5.78 Å². The third-order valence-corrected chi connectivity index (χ3v) is 2.99. The third-order valence-electron chi connectivity index (χ3n) is 2.99. The first-order chi connectivity index (χ1) is 5.79. The summed E-state index contributed by atoms with van der Waals surface area (Å²) >= 11 is 0. The SMILES string of the molecule is CC1COCCC1C(=O)C1CC1. The Morgan fingerprint density at radius 2 is 2.08 bits per heavy atom. The zero-order chi connectivity index (χ0) is 8.55. The van der Waals surface area contributed by atoms with E-state index in [9.17, 15) is 4.79 Å². The van der Waals surface area contributed by atoms with E-state index in [0.717, 1.165) is 32.5 Å². The van der Waals surface area contributed by atoms with Gasteiger partial charge in [0.15, 0.2) is 0 Å². The van der Waals surface area contributed by atoms with Gasteiger partial charge in [0.1, 0.15) is 5.78 Å². The minimum absolute atomic E-state index is 0.311. The van der Waals surface area contributed by atoms with Crippen molar-refractivity contribution in [2.45, 2.75) is 26.2 Å². The second-order valence-electron chi connectivity index (χ2n) is 4.12. The zero-order valence-corrected chi connectivity index (χ0v) is 7.58. The molecular weight excluding hydrogens is 152 g/mol. The van der Waals surface area contributed by atoms with Gasteiger partial charge in [-0.15, -0.1) is 0 Å². The first kappa shape index (κ1) is 8.24. The molecule has 0 aromatic carbocycles. The Morgan fingerprint density at radius 1 is 1.33 bits per heavy atom. The van der Waals surface area contributed by atoms with Crippen LogP contribution >= 0.6 is 0 Å². The van der Waals surface area contributed by atoms with E-state index < -0.39 is 0 Å². The molecule has 68 valence electrons. The molecule has 0 amide bonds. The molecule has 2 heteroatoms. The maximum absolute atomic E-state index is 11.7. The molecule has 2 atom stereocenters. The summed E-state index contributed by atoms with van der Waals surface area (Å²) in [5.74, 6) is 1.71. The highest BCUT2D eigenvalue weighted by Crippen LogP contribution is 2.36. The lowest BCUT2D eigenvalue weighted by Crippen LogP contribution is -2.32. The summed E-state index contributed by atoms with van der Waals surface area (Å²) in [4.78, 5) is 11.7. The Hall–Kier alpha value is -0.370. The van der Waals surface area contributed by atoms with Crippen LogP contribution in [-0.2, 0) is 9.53 Å². The molecular formula is C10H16O2. The predicted molar refractivity (Wildman–Crippen MR) is 45.8 cm³/mol. The van der Waals surface area contributed by atoms with Gasteiger partial charge >= 0.3 is 0 Å². The average Bonchev–Trinajstić information content (AvgIpc) is 2.86. The second kappa shape index (κ2) is 3.17. The van der Waals surface area contributed by atoms with Crippen LogP contribution in [0.1, 0.15) is 26.2 Å². The minimum Gasteiger partial charge on any atom is -0.381 e. The van der Waals surface area contributed by atoms with E-state index in [1.165, 1.54) is 0 Å². The van der Waals surface area contributed by atoms with Crippen molar-refractivity contribution < 1.29 is 9.53 Å². The van der Waals surface area contributed by atoms with Crippen molar-refractivity contribution in [3.8, 4) is 0 Å². The van der Waals surface area contributed by atoms with Gasteiger partial charge in [0.25, 0.3) is 0 Å². The molecule has 0 bridgehead atoms. The van der Waals surface area contributed by atoms with Crippen molar-refractivity contribution in [1.82, 2.24) is 0 Å². The predicted octanol–water partition coefficient (Wildman–Crippen LogP) is 1.64. The molecule has 0 aromatic rings. The van der Waals surface area contributed by atoms with Crippen LogP contribution in [0.5, 0.6) is 0 Å². The smallest absolute Gasteiger partial charge is 0.139 e. The molecule has 12 heavy (non-hydrogen) atoms. The Labute approximate surface area is 73.3 Å². The van der Waals surface area contributed by atoms with Gasteiger partial charge in [-0.3, -0.25) is 4.79 Å². The minimum atomic E-state index is 0.311. The van der Waals surface area contributed by atoms with Crippen LogP contribution in [0, 0.1) is 17.8 Å². The lowest BCUT2D eigenvalue weighted by molar-refractivity contribution is -0.129. The highest BCUT2D eigenvalue weighted by molar-refractivity contribution is 5.85. The number of hydrogen-bond donors (Lipinski definition) is 0. The molecule has 0 N–H and O–H groups in total. The van der Waals surface area contributed by atoms with Gasteiger partial charge < -0.3 is 4.74 Å². The average molecular weight is 168 g/mol. The fraction of sp³-hybridized carbons (Fsp3) is 0.900. The van der Waals surface area contributed by atoms with Gasteiger partial charge in [0, 0.05) is 25.0 Å². The van der Waals surface area contributed by atoms with Crippen LogP contribution in [0.3, 0.4) is 0 Å². The van der Waals surface area contributed by atoms with Crippen LogP contribution in [0.25, 0.3) is 0 Å². The summed E-state index contributed by atoms with van der Waals surface area (Å²) in [6.07, 6.45) is 3.24. The molecule has 2 aliphatic rings. The van der Waals surface area contributed by atoms with Crippen LogP contribution in [0.15, 0.2) is 0 Å². The van der Waals surface area contributed by atoms with E-state index in [1.807, 2.05) is 0 Å². The molecule has 1 aliphatic heterocycles. The number of hydrogen-bond acceptors (Lipinski definition) is 2. The van der Waals surface area contributed by atoms with Crippen molar-refractivity contribution in [1.29, 1.82) is 0 Å². The van der Waals surface area contributed by atoms with E-state index in [0.29, 0.717) is 23.5 Å². The van der Waals surface area contributed by atoms with E-state index in [-0.39, 0.29) is 0 Å². The molecule has 1 aliphatic carbocycles. The molecule has 2 fully saturated rings. The van der Waals surface area contributed by atoms with Gasteiger partial charge in [-0.2, -0.15) is 0 Å². The van der Waals surface area contributed by atoms with Crippen molar-refractivity contribution in [2.75, 3.05) is 13.2 Å². The van der Waals surface area contributed by atoms with Gasteiger partial charge in [0.05, 0.1) is 0 Å². The fourth-order valence-corrected chi connectivity index (χ4v) is 1.97. The summed E-state index contributed by atoms with van der Waals surface area (Å²) in [5.41, 5.74) is 0. The molecule has 0 aromatic heterocycles. The summed E-state index contributed by atoms with van der Waals surface area (Å²) in [5, 5.41) is 0. The van der Waals surface area contributed by atoms with Crippen molar-refractivity contribution in [2.24, 2.45) is 17.8 Å². The number of carbonyl (C=O) groups excluding carboxylic acids is 1.